The number of rotatable bonds is 6. The number of ether oxygens (including phenoxy) is 2. The molecule has 0 radical (unpaired) electrons. The first-order valence-corrected chi connectivity index (χ1v) is 11.4. The number of carbonyl (C=O) groups is 3. The minimum atomic E-state index is -1.26. The average Bonchev–Trinajstić information content (AvgIpc) is 3.24. The van der Waals surface area contributed by atoms with Gasteiger partial charge >= 0.3 is 5.97 Å². The van der Waals surface area contributed by atoms with Crippen molar-refractivity contribution in [3.05, 3.63) is 41.7 Å². The molecule has 1 fully saturated rings. The van der Waals surface area contributed by atoms with Crippen LogP contribution < -0.4 is 15.0 Å². The van der Waals surface area contributed by atoms with Crippen molar-refractivity contribution in [2.75, 3.05) is 18.6 Å². The minimum absolute atomic E-state index is 0.0442. The number of carbonyl (C=O) groups excluding carboxylic acids is 3. The SMILES string of the molecule is CCOC(=O)c1cc2n(n1)C[C@](C)(C(=O)NC1CCCCC1)N(c1cccc(OC)c1)C2=O. The Bertz CT molecular complexity index is 1060. The van der Waals surface area contributed by atoms with Gasteiger partial charge in [-0.15, -0.1) is 0 Å². The highest BCUT2D eigenvalue weighted by Gasteiger charge is 2.49. The minimum Gasteiger partial charge on any atom is -0.497 e. The van der Waals surface area contributed by atoms with Gasteiger partial charge in [0.05, 0.1) is 20.3 Å². The Kier molecular flexibility index (Phi) is 6.40. The smallest absolute Gasteiger partial charge is 0.358 e. The molecule has 2 aliphatic rings. The van der Waals surface area contributed by atoms with Gasteiger partial charge in [-0.25, -0.2) is 4.79 Å². The molecule has 4 rings (SSSR count). The lowest BCUT2D eigenvalue weighted by Gasteiger charge is -2.44. The molecule has 1 aliphatic carbocycles. The van der Waals surface area contributed by atoms with Crippen molar-refractivity contribution in [1.82, 2.24) is 15.1 Å². The van der Waals surface area contributed by atoms with Crippen LogP contribution in [-0.2, 0) is 16.1 Å². The monoisotopic (exact) mass is 454 g/mol. The van der Waals surface area contributed by atoms with Gasteiger partial charge in [0, 0.05) is 23.9 Å². The van der Waals surface area contributed by atoms with E-state index < -0.39 is 17.4 Å². The largest absolute Gasteiger partial charge is 0.497 e. The van der Waals surface area contributed by atoms with Crippen LogP contribution in [0.4, 0.5) is 5.69 Å². The van der Waals surface area contributed by atoms with Gasteiger partial charge in [0.15, 0.2) is 5.69 Å². The van der Waals surface area contributed by atoms with Crippen molar-refractivity contribution in [3.63, 3.8) is 0 Å². The summed E-state index contributed by atoms with van der Waals surface area (Å²) in [6.07, 6.45) is 5.17. The van der Waals surface area contributed by atoms with Crippen molar-refractivity contribution in [2.24, 2.45) is 0 Å². The van der Waals surface area contributed by atoms with Crippen LogP contribution in [0.1, 0.15) is 66.9 Å². The standard InChI is InChI=1S/C24H30N4O5/c1-4-33-22(30)19-14-20-21(29)28(17-11-8-12-18(13-17)32-3)24(2,15-27(20)26-19)23(31)25-16-9-6-5-7-10-16/h8,11-14,16H,4-7,9-10,15H2,1-3H3,(H,25,31)/t24-/m1/s1. The zero-order valence-corrected chi connectivity index (χ0v) is 19.3. The Labute approximate surface area is 193 Å². The summed E-state index contributed by atoms with van der Waals surface area (Å²) in [6, 6.07) is 8.55. The molecular formula is C24H30N4O5. The zero-order valence-electron chi connectivity index (χ0n) is 19.3. The Balaban J connectivity index is 1.75. The maximum atomic E-state index is 13.7. The van der Waals surface area contributed by atoms with E-state index >= 15 is 0 Å². The second-order valence-corrected chi connectivity index (χ2v) is 8.72. The molecule has 1 saturated carbocycles. The van der Waals surface area contributed by atoms with Crippen LogP contribution in [0.15, 0.2) is 30.3 Å². The van der Waals surface area contributed by atoms with Crippen LogP contribution in [0.3, 0.4) is 0 Å². The summed E-state index contributed by atoms with van der Waals surface area (Å²) in [4.78, 5) is 41.1. The first-order valence-electron chi connectivity index (χ1n) is 11.4. The van der Waals surface area contributed by atoms with Crippen molar-refractivity contribution in [2.45, 2.75) is 64.1 Å². The Hall–Kier alpha value is -3.36. The Morgan fingerprint density at radius 2 is 1.97 bits per heavy atom. The molecule has 2 heterocycles. The van der Waals surface area contributed by atoms with Crippen LogP contribution in [0.5, 0.6) is 5.75 Å². The lowest BCUT2D eigenvalue weighted by Crippen LogP contribution is -2.65. The summed E-state index contributed by atoms with van der Waals surface area (Å²) in [5.74, 6) is -0.696. The molecule has 0 saturated heterocycles. The Morgan fingerprint density at radius 3 is 2.67 bits per heavy atom. The number of methoxy groups -OCH3 is 1. The molecule has 1 N–H and O–H groups in total. The summed E-state index contributed by atoms with van der Waals surface area (Å²) in [6.45, 7) is 3.74. The maximum absolute atomic E-state index is 13.7. The van der Waals surface area contributed by atoms with E-state index in [1.165, 1.54) is 22.1 Å². The first kappa shape index (κ1) is 22.8. The molecule has 1 atom stereocenters. The number of aromatic nitrogens is 2. The van der Waals surface area contributed by atoms with E-state index in [-0.39, 0.29) is 36.5 Å². The molecule has 0 unspecified atom stereocenters. The van der Waals surface area contributed by atoms with Crippen LogP contribution in [0.2, 0.25) is 0 Å². The summed E-state index contributed by atoms with van der Waals surface area (Å²) in [7, 11) is 1.55. The third kappa shape index (κ3) is 4.31. The molecule has 9 heteroatoms. The van der Waals surface area contributed by atoms with E-state index in [0.717, 1.165) is 25.7 Å². The molecule has 1 aromatic carbocycles. The van der Waals surface area contributed by atoms with Gasteiger partial charge < -0.3 is 14.8 Å². The van der Waals surface area contributed by atoms with Crippen molar-refractivity contribution >= 4 is 23.5 Å². The number of hydrogen-bond donors (Lipinski definition) is 1. The topological polar surface area (TPSA) is 103 Å². The van der Waals surface area contributed by atoms with Crippen LogP contribution >= 0.6 is 0 Å². The number of hydrogen-bond acceptors (Lipinski definition) is 6. The second kappa shape index (κ2) is 9.25. The highest BCUT2D eigenvalue weighted by molar-refractivity contribution is 6.12. The summed E-state index contributed by atoms with van der Waals surface area (Å²) >= 11 is 0. The molecule has 9 nitrogen and oxygen atoms in total. The molecular weight excluding hydrogens is 424 g/mol. The maximum Gasteiger partial charge on any atom is 0.358 e. The van der Waals surface area contributed by atoms with Gasteiger partial charge in [-0.3, -0.25) is 19.2 Å². The molecule has 1 aliphatic heterocycles. The average molecular weight is 455 g/mol. The van der Waals surface area contributed by atoms with Gasteiger partial charge in [0.2, 0.25) is 5.91 Å². The van der Waals surface area contributed by atoms with Gasteiger partial charge in [-0.2, -0.15) is 5.10 Å². The van der Waals surface area contributed by atoms with Gasteiger partial charge in [-0.05, 0) is 38.8 Å². The fourth-order valence-electron chi connectivity index (χ4n) is 4.63. The van der Waals surface area contributed by atoms with Crippen molar-refractivity contribution in [3.8, 4) is 5.75 Å². The second-order valence-electron chi connectivity index (χ2n) is 8.72. The molecule has 0 spiro atoms. The molecule has 33 heavy (non-hydrogen) atoms. The number of benzene rings is 1. The van der Waals surface area contributed by atoms with E-state index in [1.807, 2.05) is 0 Å². The van der Waals surface area contributed by atoms with Crippen LogP contribution in [-0.4, -0.2) is 52.9 Å². The van der Waals surface area contributed by atoms with E-state index in [4.69, 9.17) is 9.47 Å². The van der Waals surface area contributed by atoms with Gasteiger partial charge in [0.25, 0.3) is 5.91 Å². The fraction of sp³-hybridized carbons (Fsp3) is 0.500. The van der Waals surface area contributed by atoms with E-state index in [9.17, 15) is 14.4 Å². The molecule has 2 amide bonds. The van der Waals surface area contributed by atoms with Crippen LogP contribution in [0.25, 0.3) is 0 Å². The molecule has 2 aromatic rings. The molecule has 1 aromatic heterocycles. The number of nitrogens with one attached hydrogen (secondary N) is 1. The predicted octanol–water partition coefficient (Wildman–Crippen LogP) is 2.94. The quantitative estimate of drug-likeness (QED) is 0.674. The molecule has 0 bridgehead atoms. The number of esters is 1. The van der Waals surface area contributed by atoms with Crippen LogP contribution in [0, 0.1) is 0 Å². The van der Waals surface area contributed by atoms with E-state index in [1.54, 1.807) is 45.2 Å². The third-order valence-corrected chi connectivity index (χ3v) is 6.38. The summed E-state index contributed by atoms with van der Waals surface area (Å²) in [5, 5.41) is 7.46. The lowest BCUT2D eigenvalue weighted by atomic mass is 9.91. The summed E-state index contributed by atoms with van der Waals surface area (Å²) in [5.41, 5.74) is -0.455. The van der Waals surface area contributed by atoms with E-state index in [0.29, 0.717) is 11.4 Å². The van der Waals surface area contributed by atoms with Gasteiger partial charge in [0.1, 0.15) is 17.0 Å². The molecule has 176 valence electrons. The highest BCUT2D eigenvalue weighted by Crippen LogP contribution is 2.35. The summed E-state index contributed by atoms with van der Waals surface area (Å²) < 4.78 is 11.8. The van der Waals surface area contributed by atoms with Gasteiger partial charge in [-0.1, -0.05) is 25.3 Å². The predicted molar refractivity (Wildman–Crippen MR) is 121 cm³/mol. The zero-order chi connectivity index (χ0) is 23.6. The number of nitrogens with zero attached hydrogens (tertiary/aromatic N) is 3. The number of anilines is 1. The third-order valence-electron chi connectivity index (χ3n) is 6.38. The normalized spacial score (nSPS) is 20.8. The van der Waals surface area contributed by atoms with Crippen molar-refractivity contribution in [1.29, 1.82) is 0 Å². The highest BCUT2D eigenvalue weighted by atomic mass is 16.5. The number of amides is 2. The lowest BCUT2D eigenvalue weighted by molar-refractivity contribution is -0.127. The number of fused-ring (bicyclic) bond motifs is 1. The Morgan fingerprint density at radius 1 is 1.21 bits per heavy atom. The van der Waals surface area contributed by atoms with Crippen molar-refractivity contribution < 1.29 is 23.9 Å². The van der Waals surface area contributed by atoms with E-state index in [2.05, 4.69) is 10.4 Å². The first-order chi connectivity index (χ1) is 15.9. The fourth-order valence-corrected chi connectivity index (χ4v) is 4.63.